The molecule has 3 aromatic rings. The van der Waals surface area contributed by atoms with Gasteiger partial charge in [0.1, 0.15) is 0 Å². The summed E-state index contributed by atoms with van der Waals surface area (Å²) in [5.41, 5.74) is 2.71. The first kappa shape index (κ1) is 23.6. The lowest BCUT2D eigenvalue weighted by Gasteiger charge is -2.40. The number of hydrogen-bond donors (Lipinski definition) is 0. The fraction of sp³-hybridized carbons (Fsp3) is 0.296. The van der Waals surface area contributed by atoms with Gasteiger partial charge in [-0.05, 0) is 83.7 Å². The van der Waals surface area contributed by atoms with Gasteiger partial charge < -0.3 is 4.90 Å². The zero-order valence-electron chi connectivity index (χ0n) is 18.2. The number of amides is 1. The van der Waals surface area contributed by atoms with Gasteiger partial charge in [0.05, 0.1) is 0 Å². The van der Waals surface area contributed by atoms with Crippen LogP contribution in [0.4, 0.5) is 8.78 Å². The molecular weight excluding hydrogens is 499 g/mol. The first-order chi connectivity index (χ1) is 16.3. The maximum atomic E-state index is 13.8. The third kappa shape index (κ3) is 4.44. The molecule has 1 heterocycles. The van der Waals surface area contributed by atoms with E-state index in [4.69, 9.17) is 34.8 Å². The van der Waals surface area contributed by atoms with Gasteiger partial charge in [-0.15, -0.1) is 0 Å². The molecule has 3 aromatic carbocycles. The van der Waals surface area contributed by atoms with E-state index in [0.29, 0.717) is 27.2 Å². The molecule has 1 aliphatic carbocycles. The Kier molecular flexibility index (Phi) is 6.58. The molecule has 4 atom stereocenters. The number of carbonyl (C=O) groups is 1. The molecule has 7 heteroatoms. The van der Waals surface area contributed by atoms with E-state index in [1.807, 2.05) is 36.4 Å². The summed E-state index contributed by atoms with van der Waals surface area (Å²) in [4.78, 5) is 15.1. The largest absolute Gasteiger partial charge is 0.338 e. The summed E-state index contributed by atoms with van der Waals surface area (Å²) in [5.74, 6) is -1.64. The summed E-state index contributed by atoms with van der Waals surface area (Å²) in [6.45, 7) is 0.792. The maximum absolute atomic E-state index is 13.8. The number of hydrogen-bond acceptors (Lipinski definition) is 1. The van der Waals surface area contributed by atoms with Crippen LogP contribution in [-0.4, -0.2) is 17.4 Å². The Balaban J connectivity index is 1.50. The predicted molar refractivity (Wildman–Crippen MR) is 131 cm³/mol. The average molecular weight is 521 g/mol. The van der Waals surface area contributed by atoms with Crippen molar-refractivity contribution < 1.29 is 13.6 Å². The van der Waals surface area contributed by atoms with Crippen LogP contribution < -0.4 is 0 Å². The molecule has 4 unspecified atom stereocenters. The second kappa shape index (κ2) is 9.49. The molecule has 2 aliphatic rings. The van der Waals surface area contributed by atoms with Gasteiger partial charge in [0.15, 0.2) is 11.6 Å². The van der Waals surface area contributed by atoms with E-state index in [9.17, 15) is 13.6 Å². The van der Waals surface area contributed by atoms with Crippen molar-refractivity contribution in [2.75, 3.05) is 6.54 Å². The lowest BCUT2D eigenvalue weighted by molar-refractivity contribution is -0.132. The number of fused-ring (bicyclic) bond motifs is 1. The fourth-order valence-corrected chi connectivity index (χ4v) is 6.42. The van der Waals surface area contributed by atoms with Crippen molar-refractivity contribution in [3.05, 3.63) is 104 Å². The van der Waals surface area contributed by atoms with Gasteiger partial charge in [-0.3, -0.25) is 4.79 Å². The van der Waals surface area contributed by atoms with E-state index < -0.39 is 11.6 Å². The molecule has 1 saturated heterocycles. The molecule has 34 heavy (non-hydrogen) atoms. The minimum Gasteiger partial charge on any atom is -0.338 e. The Hall–Kier alpha value is -2.14. The topological polar surface area (TPSA) is 20.3 Å². The van der Waals surface area contributed by atoms with Crippen LogP contribution in [0.25, 0.3) is 0 Å². The Morgan fingerprint density at radius 3 is 2.24 bits per heavy atom. The van der Waals surface area contributed by atoms with Gasteiger partial charge in [0.25, 0.3) is 0 Å². The molecular formula is C27H22Cl3F2NO. The highest BCUT2D eigenvalue weighted by atomic mass is 35.5. The van der Waals surface area contributed by atoms with Crippen molar-refractivity contribution in [1.29, 1.82) is 0 Å². The molecule has 2 nitrogen and oxygen atoms in total. The van der Waals surface area contributed by atoms with E-state index >= 15 is 0 Å². The molecule has 2 fully saturated rings. The first-order valence-corrected chi connectivity index (χ1v) is 12.4. The number of benzene rings is 3. The van der Waals surface area contributed by atoms with Crippen LogP contribution >= 0.6 is 34.8 Å². The van der Waals surface area contributed by atoms with Gasteiger partial charge >= 0.3 is 0 Å². The molecule has 1 amide bonds. The minimum atomic E-state index is -0.905. The quantitative estimate of drug-likeness (QED) is 0.343. The number of carbonyl (C=O) groups excluding carboxylic acids is 1. The molecule has 0 N–H and O–H groups in total. The maximum Gasteiger partial charge on any atom is 0.226 e. The molecule has 1 saturated carbocycles. The van der Waals surface area contributed by atoms with Crippen molar-refractivity contribution in [2.45, 2.75) is 31.2 Å². The summed E-state index contributed by atoms with van der Waals surface area (Å²) in [6, 6.07) is 17.2. The normalized spacial score (nSPS) is 24.4. The van der Waals surface area contributed by atoms with Gasteiger partial charge in [-0.1, -0.05) is 59.1 Å². The second-order valence-corrected chi connectivity index (χ2v) is 10.4. The van der Waals surface area contributed by atoms with E-state index in [2.05, 4.69) is 0 Å². The van der Waals surface area contributed by atoms with Gasteiger partial charge in [0.2, 0.25) is 5.91 Å². The third-order valence-corrected chi connectivity index (χ3v) is 8.05. The van der Waals surface area contributed by atoms with Crippen molar-refractivity contribution in [3.8, 4) is 0 Å². The number of nitrogens with zero attached hydrogens (tertiary/aromatic N) is 1. The SMILES string of the molecule is O=C1C2CCC(c3ccc(Cl)cc3Cl)C(c3ccc(Cl)cc3)C2CN1Cc1ccc(F)c(F)c1. The second-order valence-electron chi connectivity index (χ2n) is 9.16. The van der Waals surface area contributed by atoms with Crippen LogP contribution in [0.1, 0.15) is 41.4 Å². The van der Waals surface area contributed by atoms with Crippen molar-refractivity contribution in [2.24, 2.45) is 11.8 Å². The standard InChI is InChI=1S/C27H22Cl3F2NO/c28-17-4-2-16(3-5-17)26-20(19-7-6-18(29)12-23(19)30)8-9-21-22(26)14-33(27(21)34)13-15-1-10-24(31)25(32)11-15/h1-7,10-12,20-22,26H,8-9,13-14H2. The minimum absolute atomic E-state index is 0.0496. The highest BCUT2D eigenvalue weighted by Crippen LogP contribution is 2.54. The summed E-state index contributed by atoms with van der Waals surface area (Å²) < 4.78 is 27.1. The van der Waals surface area contributed by atoms with E-state index in [-0.39, 0.29) is 36.1 Å². The number of rotatable bonds is 4. The highest BCUT2D eigenvalue weighted by Gasteiger charge is 2.50. The lowest BCUT2D eigenvalue weighted by atomic mass is 9.63. The van der Waals surface area contributed by atoms with Crippen LogP contribution in [0.2, 0.25) is 15.1 Å². The zero-order valence-corrected chi connectivity index (χ0v) is 20.4. The Morgan fingerprint density at radius 1 is 0.824 bits per heavy atom. The first-order valence-electron chi connectivity index (χ1n) is 11.2. The number of halogens is 5. The van der Waals surface area contributed by atoms with E-state index in [1.54, 1.807) is 11.0 Å². The smallest absolute Gasteiger partial charge is 0.226 e. The zero-order chi connectivity index (χ0) is 24.0. The summed E-state index contributed by atoms with van der Waals surface area (Å²) >= 11 is 18.9. The molecule has 176 valence electrons. The third-order valence-electron chi connectivity index (χ3n) is 7.23. The summed E-state index contributed by atoms with van der Waals surface area (Å²) in [7, 11) is 0. The molecule has 5 rings (SSSR count). The molecule has 0 radical (unpaired) electrons. The van der Waals surface area contributed by atoms with Gasteiger partial charge in [-0.25, -0.2) is 8.78 Å². The average Bonchev–Trinajstić information content (AvgIpc) is 3.12. The van der Waals surface area contributed by atoms with Crippen LogP contribution in [0.5, 0.6) is 0 Å². The van der Waals surface area contributed by atoms with Gasteiger partial charge in [-0.2, -0.15) is 0 Å². The summed E-state index contributed by atoms with van der Waals surface area (Å²) in [5, 5.41) is 1.86. The Morgan fingerprint density at radius 2 is 1.53 bits per heavy atom. The van der Waals surface area contributed by atoms with Crippen LogP contribution in [0, 0.1) is 23.5 Å². The van der Waals surface area contributed by atoms with Crippen molar-refractivity contribution in [1.82, 2.24) is 4.90 Å². The molecule has 0 aromatic heterocycles. The van der Waals surface area contributed by atoms with Gasteiger partial charge in [0, 0.05) is 34.1 Å². The lowest BCUT2D eigenvalue weighted by Crippen LogP contribution is -2.32. The van der Waals surface area contributed by atoms with Crippen molar-refractivity contribution in [3.63, 3.8) is 0 Å². The van der Waals surface area contributed by atoms with Crippen LogP contribution in [0.3, 0.4) is 0 Å². The molecule has 1 aliphatic heterocycles. The monoisotopic (exact) mass is 519 g/mol. The molecule has 0 bridgehead atoms. The fourth-order valence-electron chi connectivity index (χ4n) is 5.74. The van der Waals surface area contributed by atoms with E-state index in [0.717, 1.165) is 36.1 Å². The Bertz CT molecular complexity index is 1230. The predicted octanol–water partition coefficient (Wildman–Crippen LogP) is 7.86. The number of likely N-dealkylation sites (tertiary alicyclic amines) is 1. The molecule has 0 spiro atoms. The Labute approximate surface area is 212 Å². The van der Waals surface area contributed by atoms with E-state index in [1.165, 1.54) is 6.07 Å². The van der Waals surface area contributed by atoms with Crippen LogP contribution in [-0.2, 0) is 11.3 Å². The summed E-state index contributed by atoms with van der Waals surface area (Å²) in [6.07, 6.45) is 1.55. The van der Waals surface area contributed by atoms with Crippen molar-refractivity contribution >= 4 is 40.7 Å². The highest BCUT2D eigenvalue weighted by molar-refractivity contribution is 6.35. The van der Waals surface area contributed by atoms with Crippen LogP contribution in [0.15, 0.2) is 60.7 Å².